The molecule has 0 radical (unpaired) electrons. The summed E-state index contributed by atoms with van der Waals surface area (Å²) >= 11 is 0. The minimum atomic E-state index is -3.73. The molecule has 0 aliphatic rings. The number of aliphatic hydroxyl groups is 1. The highest BCUT2D eigenvalue weighted by molar-refractivity contribution is 7.95. The van der Waals surface area contributed by atoms with Crippen LogP contribution in [0, 0.1) is 5.92 Å². The number of aliphatic hydroxyl groups excluding tert-OH is 1. The maximum absolute atomic E-state index is 12.9. The van der Waals surface area contributed by atoms with Crippen LogP contribution in [0.1, 0.15) is 19.4 Å². The quantitative estimate of drug-likeness (QED) is 0.918. The van der Waals surface area contributed by atoms with Crippen LogP contribution in [-0.4, -0.2) is 19.6 Å². The summed E-state index contributed by atoms with van der Waals surface area (Å²) in [5.74, 6) is -0.201. The molecule has 0 saturated carbocycles. The molecular weight excluding hydrogens is 296 g/mol. The molecule has 0 aromatic heterocycles. The second-order valence-electron chi connectivity index (χ2n) is 5.46. The Morgan fingerprint density at radius 1 is 0.955 bits per heavy atom. The molecule has 0 unspecified atom stereocenters. The average Bonchev–Trinajstić information content (AvgIpc) is 2.53. The van der Waals surface area contributed by atoms with Gasteiger partial charge < -0.3 is 5.11 Å². The molecular formula is C18H20O3S. The van der Waals surface area contributed by atoms with Crippen molar-refractivity contribution in [3.63, 3.8) is 0 Å². The van der Waals surface area contributed by atoms with E-state index in [0.717, 1.165) is 5.56 Å². The van der Waals surface area contributed by atoms with Crippen LogP contribution in [0.2, 0.25) is 0 Å². The fourth-order valence-corrected chi connectivity index (χ4v) is 3.77. The Balaban J connectivity index is 2.57. The van der Waals surface area contributed by atoms with E-state index in [1.807, 2.05) is 30.3 Å². The topological polar surface area (TPSA) is 54.4 Å². The van der Waals surface area contributed by atoms with Crippen molar-refractivity contribution in [2.24, 2.45) is 5.92 Å². The molecule has 0 aliphatic carbocycles. The molecule has 2 aromatic rings. The molecule has 0 fully saturated rings. The lowest BCUT2D eigenvalue weighted by molar-refractivity contribution is 0.168. The highest BCUT2D eigenvalue weighted by atomic mass is 32.2. The van der Waals surface area contributed by atoms with Crippen molar-refractivity contribution in [3.8, 4) is 0 Å². The highest BCUT2D eigenvalue weighted by Crippen LogP contribution is 2.27. The van der Waals surface area contributed by atoms with Crippen LogP contribution in [0.4, 0.5) is 0 Å². The van der Waals surface area contributed by atoms with Crippen molar-refractivity contribution in [1.29, 1.82) is 0 Å². The lowest BCUT2D eigenvalue weighted by atomic mass is 10.1. The minimum Gasteiger partial charge on any atom is -0.387 e. The first-order chi connectivity index (χ1) is 10.4. The molecule has 1 N–H and O–H groups in total. The van der Waals surface area contributed by atoms with Crippen molar-refractivity contribution in [1.82, 2.24) is 0 Å². The highest BCUT2D eigenvalue weighted by Gasteiger charge is 2.28. The number of hydrogen-bond acceptors (Lipinski definition) is 3. The Hall–Kier alpha value is -1.91. The van der Waals surface area contributed by atoms with Gasteiger partial charge in [0.05, 0.1) is 15.9 Å². The van der Waals surface area contributed by atoms with Crippen LogP contribution >= 0.6 is 0 Å². The third kappa shape index (κ3) is 3.64. The van der Waals surface area contributed by atoms with Gasteiger partial charge in [0, 0.05) is 0 Å². The summed E-state index contributed by atoms with van der Waals surface area (Å²) in [7, 11) is -3.73. The van der Waals surface area contributed by atoms with Gasteiger partial charge in [0.15, 0.2) is 0 Å². The minimum absolute atomic E-state index is 0.0277. The van der Waals surface area contributed by atoms with E-state index < -0.39 is 15.9 Å². The van der Waals surface area contributed by atoms with Gasteiger partial charge in [0.2, 0.25) is 9.84 Å². The Morgan fingerprint density at radius 2 is 1.45 bits per heavy atom. The third-order valence-electron chi connectivity index (χ3n) is 3.40. The monoisotopic (exact) mass is 316 g/mol. The molecule has 22 heavy (non-hydrogen) atoms. The molecule has 0 spiro atoms. The molecule has 116 valence electrons. The zero-order chi connectivity index (χ0) is 16.2. The summed E-state index contributed by atoms with van der Waals surface area (Å²) in [6.07, 6.45) is 0.498. The maximum atomic E-state index is 12.9. The summed E-state index contributed by atoms with van der Waals surface area (Å²) in [6.45, 7) is 3.59. The molecule has 0 heterocycles. The van der Waals surface area contributed by atoms with E-state index >= 15 is 0 Å². The predicted octanol–water partition coefficient (Wildman–Crippen LogP) is 3.52. The largest absolute Gasteiger partial charge is 0.387 e. The lowest BCUT2D eigenvalue weighted by Crippen LogP contribution is -2.23. The van der Waals surface area contributed by atoms with Gasteiger partial charge >= 0.3 is 0 Å². The van der Waals surface area contributed by atoms with Crippen LogP contribution < -0.4 is 0 Å². The van der Waals surface area contributed by atoms with Gasteiger partial charge in [-0.3, -0.25) is 0 Å². The summed E-state index contributed by atoms with van der Waals surface area (Å²) < 4.78 is 25.7. The fourth-order valence-electron chi connectivity index (χ4n) is 2.10. The van der Waals surface area contributed by atoms with E-state index in [1.165, 1.54) is 0 Å². The van der Waals surface area contributed by atoms with Crippen LogP contribution in [0.25, 0.3) is 6.08 Å². The van der Waals surface area contributed by atoms with Crippen LogP contribution in [0.15, 0.2) is 70.5 Å². The fraction of sp³-hybridized carbons (Fsp3) is 0.222. The Labute approximate surface area is 131 Å². The van der Waals surface area contributed by atoms with E-state index in [9.17, 15) is 13.5 Å². The molecule has 2 aromatic carbocycles. The molecule has 3 nitrogen and oxygen atoms in total. The zero-order valence-corrected chi connectivity index (χ0v) is 13.5. The van der Waals surface area contributed by atoms with Crippen molar-refractivity contribution in [3.05, 3.63) is 71.1 Å². The van der Waals surface area contributed by atoms with E-state index in [0.29, 0.717) is 0 Å². The first kappa shape index (κ1) is 16.5. The van der Waals surface area contributed by atoms with Crippen molar-refractivity contribution < 1.29 is 13.5 Å². The van der Waals surface area contributed by atoms with Gasteiger partial charge in [-0.25, -0.2) is 8.42 Å². The molecule has 0 saturated heterocycles. The van der Waals surface area contributed by atoms with Crippen molar-refractivity contribution >= 4 is 15.9 Å². The van der Waals surface area contributed by atoms with Gasteiger partial charge in [-0.15, -0.1) is 0 Å². The average molecular weight is 316 g/mol. The van der Waals surface area contributed by atoms with E-state index in [1.54, 1.807) is 50.3 Å². The molecule has 2 rings (SSSR count). The number of hydrogen-bond donors (Lipinski definition) is 1. The van der Waals surface area contributed by atoms with Gasteiger partial charge in [-0.05, 0) is 29.7 Å². The summed E-state index contributed by atoms with van der Waals surface area (Å²) in [5, 5.41) is 10.4. The van der Waals surface area contributed by atoms with Gasteiger partial charge in [-0.2, -0.15) is 0 Å². The molecule has 0 amide bonds. The lowest BCUT2D eigenvalue weighted by Gasteiger charge is -2.19. The SMILES string of the molecule is CC(C)[C@H](O)/C(=C\c1ccccc1)S(=O)(=O)c1ccccc1. The summed E-state index contributed by atoms with van der Waals surface area (Å²) in [5.41, 5.74) is 0.747. The third-order valence-corrected chi connectivity index (χ3v) is 5.27. The van der Waals surface area contributed by atoms with E-state index in [2.05, 4.69) is 0 Å². The molecule has 0 bridgehead atoms. The van der Waals surface area contributed by atoms with Crippen LogP contribution in [0.5, 0.6) is 0 Å². The number of rotatable bonds is 5. The second kappa shape index (κ2) is 6.90. The first-order valence-electron chi connectivity index (χ1n) is 7.18. The maximum Gasteiger partial charge on any atom is 0.205 e. The molecule has 4 heteroatoms. The van der Waals surface area contributed by atoms with Crippen LogP contribution in [0.3, 0.4) is 0 Å². The van der Waals surface area contributed by atoms with E-state index in [-0.39, 0.29) is 15.7 Å². The summed E-state index contributed by atoms with van der Waals surface area (Å²) in [6, 6.07) is 17.4. The smallest absolute Gasteiger partial charge is 0.205 e. The van der Waals surface area contributed by atoms with Gasteiger partial charge in [0.25, 0.3) is 0 Å². The first-order valence-corrected chi connectivity index (χ1v) is 8.66. The van der Waals surface area contributed by atoms with Gasteiger partial charge in [0.1, 0.15) is 0 Å². The standard InChI is InChI=1S/C18H20O3S/c1-14(2)18(19)17(13-15-9-5-3-6-10-15)22(20,21)16-11-7-4-8-12-16/h3-14,18-19H,1-2H3/b17-13+/t18-/m0/s1. The number of benzene rings is 2. The Morgan fingerprint density at radius 3 is 1.95 bits per heavy atom. The summed E-state index contributed by atoms with van der Waals surface area (Å²) in [4.78, 5) is 0.219. The van der Waals surface area contributed by atoms with Gasteiger partial charge in [-0.1, -0.05) is 62.4 Å². The predicted molar refractivity (Wildman–Crippen MR) is 88.9 cm³/mol. The van der Waals surface area contributed by atoms with E-state index in [4.69, 9.17) is 0 Å². The molecule has 1 atom stereocenters. The van der Waals surface area contributed by atoms with Crippen molar-refractivity contribution in [2.45, 2.75) is 24.8 Å². The zero-order valence-electron chi connectivity index (χ0n) is 12.7. The normalized spacial score (nSPS) is 14.1. The Bertz CT molecular complexity index is 732. The van der Waals surface area contributed by atoms with Crippen molar-refractivity contribution in [2.75, 3.05) is 0 Å². The molecule has 0 aliphatic heterocycles. The number of sulfone groups is 1. The van der Waals surface area contributed by atoms with Crippen LogP contribution in [-0.2, 0) is 9.84 Å². The second-order valence-corrected chi connectivity index (χ2v) is 7.41. The Kier molecular flexibility index (Phi) is 5.16.